The molecule has 1 aliphatic rings. The van der Waals surface area contributed by atoms with Crippen molar-refractivity contribution in [3.8, 4) is 5.75 Å². The fourth-order valence-corrected chi connectivity index (χ4v) is 4.82. The van der Waals surface area contributed by atoms with Crippen LogP contribution in [0, 0.1) is 0 Å². The lowest BCUT2D eigenvalue weighted by molar-refractivity contribution is -0.0734. The minimum absolute atomic E-state index is 0.0728. The van der Waals surface area contributed by atoms with Gasteiger partial charge < -0.3 is 10.1 Å². The highest BCUT2D eigenvalue weighted by Gasteiger charge is 2.44. The molecule has 1 aliphatic heterocycles. The van der Waals surface area contributed by atoms with Gasteiger partial charge in [0.1, 0.15) is 17.9 Å². The molecule has 1 N–H and O–H groups in total. The summed E-state index contributed by atoms with van der Waals surface area (Å²) in [7, 11) is 1.33. The fraction of sp³-hybridized carbons (Fsp3) is 0.421. The van der Waals surface area contributed by atoms with E-state index in [2.05, 4.69) is 46.3 Å². The van der Waals surface area contributed by atoms with Crippen LogP contribution in [-0.2, 0) is 6.42 Å². The van der Waals surface area contributed by atoms with E-state index in [0.717, 1.165) is 5.56 Å². The SMILES string of the molecule is FC(F)Oc1ccc(CCN2CCC(Nc3ncnc4c3cnn4SI)C(F)(F)C2)cc1. The van der Waals surface area contributed by atoms with Crippen LogP contribution in [0.2, 0.25) is 0 Å². The molecule has 3 heterocycles. The van der Waals surface area contributed by atoms with E-state index < -0.39 is 18.6 Å². The number of fused-ring (bicyclic) bond motifs is 1. The van der Waals surface area contributed by atoms with E-state index in [4.69, 9.17) is 0 Å². The summed E-state index contributed by atoms with van der Waals surface area (Å²) in [6, 6.07) is 5.18. The van der Waals surface area contributed by atoms with Crippen molar-refractivity contribution in [3.05, 3.63) is 42.4 Å². The summed E-state index contributed by atoms with van der Waals surface area (Å²) in [4.78, 5) is 10.0. The van der Waals surface area contributed by atoms with Gasteiger partial charge in [-0.25, -0.2) is 18.7 Å². The Hall–Kier alpha value is -1.87. The predicted molar refractivity (Wildman–Crippen MR) is 123 cm³/mol. The lowest BCUT2D eigenvalue weighted by Gasteiger charge is -2.38. The Bertz CT molecular complexity index is 1050. The maximum absolute atomic E-state index is 14.9. The molecule has 0 aliphatic carbocycles. The lowest BCUT2D eigenvalue weighted by Crippen LogP contribution is -2.54. The standard InChI is InChI=1S/C19H19F4IN6OS/c20-18(21)31-13-3-1-12(2-4-13)5-7-29-8-6-15(19(22,23)10-29)28-16-14-9-27-30(32-24)17(14)26-11-25-16/h1-4,9,11,15,18H,5-8,10H2,(H,25,26,28). The molecule has 1 atom stereocenters. The monoisotopic (exact) mass is 582 g/mol. The normalized spacial score (nSPS) is 18.9. The van der Waals surface area contributed by atoms with E-state index in [9.17, 15) is 17.6 Å². The topological polar surface area (TPSA) is 68.1 Å². The molecule has 3 aromatic rings. The van der Waals surface area contributed by atoms with E-state index in [1.165, 1.54) is 27.6 Å². The van der Waals surface area contributed by atoms with Crippen LogP contribution >= 0.6 is 30.3 Å². The molecule has 32 heavy (non-hydrogen) atoms. The summed E-state index contributed by atoms with van der Waals surface area (Å²) < 4.78 is 60.2. The van der Waals surface area contributed by atoms with Crippen molar-refractivity contribution in [2.24, 2.45) is 0 Å². The largest absolute Gasteiger partial charge is 0.435 e. The average Bonchev–Trinajstić information content (AvgIpc) is 3.18. The first-order chi connectivity index (χ1) is 15.4. The number of halogens is 5. The Labute approximate surface area is 197 Å². The van der Waals surface area contributed by atoms with Crippen molar-refractivity contribution in [1.29, 1.82) is 0 Å². The van der Waals surface area contributed by atoms with Gasteiger partial charge in [-0.1, -0.05) is 12.1 Å². The summed E-state index contributed by atoms with van der Waals surface area (Å²) in [6.07, 6.45) is 3.67. The molecule has 0 amide bonds. The van der Waals surface area contributed by atoms with Crippen LogP contribution in [0.5, 0.6) is 5.75 Å². The highest BCUT2D eigenvalue weighted by Crippen LogP contribution is 2.32. The van der Waals surface area contributed by atoms with Crippen LogP contribution in [0.15, 0.2) is 36.8 Å². The number of piperidine rings is 1. The Kier molecular flexibility index (Phi) is 7.24. The van der Waals surface area contributed by atoms with Gasteiger partial charge in [-0.3, -0.25) is 4.90 Å². The molecular weight excluding hydrogens is 563 g/mol. The smallest absolute Gasteiger partial charge is 0.387 e. The van der Waals surface area contributed by atoms with Crippen LogP contribution in [-0.4, -0.2) is 62.3 Å². The van der Waals surface area contributed by atoms with Crippen molar-refractivity contribution in [2.75, 3.05) is 25.0 Å². The number of aromatic nitrogens is 4. The van der Waals surface area contributed by atoms with E-state index in [0.29, 0.717) is 36.4 Å². The number of nitrogens with zero attached hydrogens (tertiary/aromatic N) is 5. The van der Waals surface area contributed by atoms with Gasteiger partial charge in [0.05, 0.1) is 33.3 Å². The second-order valence-electron chi connectivity index (χ2n) is 7.34. The summed E-state index contributed by atoms with van der Waals surface area (Å²) in [5.74, 6) is -2.54. The lowest BCUT2D eigenvalue weighted by atomic mass is 10.00. The zero-order valence-corrected chi connectivity index (χ0v) is 19.6. The molecule has 7 nitrogen and oxygen atoms in total. The van der Waals surface area contributed by atoms with Gasteiger partial charge in [0.25, 0.3) is 5.92 Å². The molecule has 0 radical (unpaired) electrons. The third-order valence-corrected chi connectivity index (χ3v) is 6.77. The van der Waals surface area contributed by atoms with Crippen molar-refractivity contribution in [2.45, 2.75) is 31.4 Å². The van der Waals surface area contributed by atoms with Crippen molar-refractivity contribution >= 4 is 47.2 Å². The number of likely N-dealkylation sites (tertiary alicyclic amines) is 1. The van der Waals surface area contributed by atoms with Crippen molar-refractivity contribution in [3.63, 3.8) is 0 Å². The minimum atomic E-state index is -2.96. The van der Waals surface area contributed by atoms with Crippen molar-refractivity contribution in [1.82, 2.24) is 24.1 Å². The molecule has 0 saturated carbocycles. The van der Waals surface area contributed by atoms with Gasteiger partial charge in [-0.2, -0.15) is 18.0 Å². The van der Waals surface area contributed by atoms with Gasteiger partial charge in [0.2, 0.25) is 0 Å². The second kappa shape index (κ2) is 9.95. The summed E-state index contributed by atoms with van der Waals surface area (Å²) in [6.45, 7) is -2.32. The Morgan fingerprint density at radius 1 is 1.25 bits per heavy atom. The first-order valence-electron chi connectivity index (χ1n) is 9.74. The number of rotatable bonds is 8. The Morgan fingerprint density at radius 2 is 2.03 bits per heavy atom. The second-order valence-corrected chi connectivity index (χ2v) is 9.01. The molecule has 1 saturated heterocycles. The highest BCUT2D eigenvalue weighted by molar-refractivity contribution is 14.2. The zero-order valence-electron chi connectivity index (χ0n) is 16.6. The first kappa shape index (κ1) is 23.3. The Balaban J connectivity index is 1.35. The zero-order chi connectivity index (χ0) is 22.7. The molecule has 0 spiro atoms. The quantitative estimate of drug-likeness (QED) is 0.307. The van der Waals surface area contributed by atoms with Crippen molar-refractivity contribution < 1.29 is 22.3 Å². The number of hydrogen-bond acceptors (Lipinski definition) is 7. The number of ether oxygens (including phenoxy) is 1. The summed E-state index contributed by atoms with van der Waals surface area (Å²) >= 11 is 2.07. The fourth-order valence-electron chi connectivity index (χ4n) is 3.66. The Morgan fingerprint density at radius 3 is 2.72 bits per heavy atom. The van der Waals surface area contributed by atoms with Crippen LogP contribution in [0.3, 0.4) is 0 Å². The number of benzene rings is 1. The van der Waals surface area contributed by atoms with Crippen LogP contribution in [0.25, 0.3) is 11.0 Å². The average molecular weight is 582 g/mol. The maximum Gasteiger partial charge on any atom is 0.387 e. The van der Waals surface area contributed by atoms with Gasteiger partial charge in [-0.05, 0) is 30.5 Å². The van der Waals surface area contributed by atoms with Gasteiger partial charge >= 0.3 is 6.61 Å². The molecule has 1 aromatic carbocycles. The molecule has 172 valence electrons. The number of anilines is 1. The molecule has 13 heteroatoms. The van der Waals surface area contributed by atoms with Crippen LogP contribution < -0.4 is 10.1 Å². The number of hydrogen-bond donors (Lipinski definition) is 1. The minimum Gasteiger partial charge on any atom is -0.435 e. The van der Waals surface area contributed by atoms with Gasteiger partial charge in [0.15, 0.2) is 5.65 Å². The first-order valence-corrected chi connectivity index (χ1v) is 13.1. The van der Waals surface area contributed by atoms with Gasteiger partial charge in [-0.15, -0.1) is 0 Å². The molecule has 2 aromatic heterocycles. The number of nitrogens with one attached hydrogen (secondary N) is 1. The third-order valence-electron chi connectivity index (χ3n) is 5.26. The summed E-state index contributed by atoms with van der Waals surface area (Å²) in [5, 5.41) is 7.67. The van der Waals surface area contributed by atoms with E-state index in [-0.39, 0.29) is 18.7 Å². The van der Waals surface area contributed by atoms with E-state index in [1.807, 2.05) is 0 Å². The highest BCUT2D eigenvalue weighted by atomic mass is 127. The molecule has 1 fully saturated rings. The third kappa shape index (κ3) is 5.36. The maximum atomic E-state index is 14.9. The molecule has 1 unspecified atom stereocenters. The van der Waals surface area contributed by atoms with E-state index >= 15 is 0 Å². The van der Waals surface area contributed by atoms with Crippen LogP contribution in [0.1, 0.15) is 12.0 Å². The predicted octanol–water partition coefficient (Wildman–Crippen LogP) is 4.64. The molecular formula is C19H19F4IN6OS. The molecule has 4 rings (SSSR count). The number of alkyl halides is 4. The molecule has 0 bridgehead atoms. The summed E-state index contributed by atoms with van der Waals surface area (Å²) in [5.41, 5.74) is 1.43. The van der Waals surface area contributed by atoms with Gasteiger partial charge in [0, 0.05) is 34.3 Å². The van der Waals surface area contributed by atoms with Crippen LogP contribution in [0.4, 0.5) is 23.4 Å². The van der Waals surface area contributed by atoms with E-state index in [1.54, 1.807) is 27.3 Å².